The highest BCUT2D eigenvalue weighted by molar-refractivity contribution is 9.10. The van der Waals surface area contributed by atoms with E-state index in [4.69, 9.17) is 11.6 Å². The van der Waals surface area contributed by atoms with Crippen LogP contribution in [-0.4, -0.2) is 15.8 Å². The predicted molar refractivity (Wildman–Crippen MR) is 78.2 cm³/mol. The highest BCUT2D eigenvalue weighted by Crippen LogP contribution is 2.21. The van der Waals surface area contributed by atoms with Crippen LogP contribution in [0.15, 0.2) is 35.1 Å². The molecule has 1 N–H and O–H groups in total. The fourth-order valence-electron chi connectivity index (χ4n) is 1.67. The molecular formula is C13H15BrClN3. The van der Waals surface area contributed by atoms with E-state index in [-0.39, 0.29) is 0 Å². The first kappa shape index (κ1) is 13.6. The van der Waals surface area contributed by atoms with Crippen LogP contribution in [0, 0.1) is 0 Å². The van der Waals surface area contributed by atoms with Crippen molar-refractivity contribution >= 4 is 27.5 Å². The van der Waals surface area contributed by atoms with Crippen molar-refractivity contribution in [1.82, 2.24) is 15.1 Å². The quantitative estimate of drug-likeness (QED) is 0.925. The van der Waals surface area contributed by atoms with Gasteiger partial charge >= 0.3 is 0 Å². The number of rotatable bonds is 4. The fraction of sp³-hybridized carbons (Fsp3) is 0.308. The molecule has 0 aliphatic heterocycles. The standard InChI is InChI=1S/C13H15BrClN3/c1-9(2)16-6-10-5-11(14)3-4-13(10)18-8-12(15)7-17-18/h3-5,7-9,16H,6H2,1-2H3. The van der Waals surface area contributed by atoms with E-state index in [1.54, 1.807) is 10.9 Å². The molecule has 2 aromatic rings. The van der Waals surface area contributed by atoms with Gasteiger partial charge in [0.2, 0.25) is 0 Å². The van der Waals surface area contributed by atoms with E-state index in [1.807, 2.05) is 18.3 Å². The van der Waals surface area contributed by atoms with Crippen LogP contribution in [0.25, 0.3) is 5.69 Å². The van der Waals surface area contributed by atoms with E-state index >= 15 is 0 Å². The number of aromatic nitrogens is 2. The number of halogens is 2. The minimum absolute atomic E-state index is 0.443. The molecule has 1 aromatic heterocycles. The Labute approximate surface area is 120 Å². The number of benzene rings is 1. The SMILES string of the molecule is CC(C)NCc1cc(Br)ccc1-n1cc(Cl)cn1. The first-order valence-electron chi connectivity index (χ1n) is 5.78. The van der Waals surface area contributed by atoms with Crippen LogP contribution in [0.1, 0.15) is 19.4 Å². The summed E-state index contributed by atoms with van der Waals surface area (Å²) in [5, 5.41) is 8.30. The molecule has 0 amide bonds. The van der Waals surface area contributed by atoms with Crippen LogP contribution in [0.2, 0.25) is 5.02 Å². The minimum Gasteiger partial charge on any atom is -0.310 e. The number of hydrogen-bond donors (Lipinski definition) is 1. The first-order chi connectivity index (χ1) is 8.56. The Balaban J connectivity index is 2.34. The summed E-state index contributed by atoms with van der Waals surface area (Å²) in [7, 11) is 0. The largest absolute Gasteiger partial charge is 0.310 e. The molecule has 0 saturated carbocycles. The van der Waals surface area contributed by atoms with E-state index in [2.05, 4.69) is 46.3 Å². The lowest BCUT2D eigenvalue weighted by molar-refractivity contribution is 0.586. The average molecular weight is 329 g/mol. The van der Waals surface area contributed by atoms with E-state index in [0.29, 0.717) is 11.1 Å². The van der Waals surface area contributed by atoms with Gasteiger partial charge in [-0.2, -0.15) is 5.10 Å². The highest BCUT2D eigenvalue weighted by Gasteiger charge is 2.07. The maximum absolute atomic E-state index is 5.91. The Kier molecular flexibility index (Phi) is 4.43. The van der Waals surface area contributed by atoms with Gasteiger partial charge in [-0.05, 0) is 23.8 Å². The van der Waals surface area contributed by atoms with Gasteiger partial charge in [-0.25, -0.2) is 4.68 Å². The van der Waals surface area contributed by atoms with E-state index in [9.17, 15) is 0 Å². The molecule has 96 valence electrons. The van der Waals surface area contributed by atoms with Gasteiger partial charge in [0.25, 0.3) is 0 Å². The Hall–Kier alpha value is -0.840. The van der Waals surface area contributed by atoms with Crippen LogP contribution in [0.5, 0.6) is 0 Å². The normalized spacial score (nSPS) is 11.2. The first-order valence-corrected chi connectivity index (χ1v) is 6.95. The van der Waals surface area contributed by atoms with Gasteiger partial charge in [0, 0.05) is 23.3 Å². The summed E-state index contributed by atoms with van der Waals surface area (Å²) >= 11 is 9.41. The number of hydrogen-bond acceptors (Lipinski definition) is 2. The summed E-state index contributed by atoms with van der Waals surface area (Å²) in [6.45, 7) is 5.05. The smallest absolute Gasteiger partial charge is 0.0790 e. The Morgan fingerprint density at radius 2 is 2.22 bits per heavy atom. The van der Waals surface area contributed by atoms with E-state index in [0.717, 1.165) is 16.7 Å². The lowest BCUT2D eigenvalue weighted by atomic mass is 10.1. The van der Waals surface area contributed by atoms with Crippen LogP contribution < -0.4 is 5.32 Å². The summed E-state index contributed by atoms with van der Waals surface area (Å²) in [6, 6.07) is 6.58. The van der Waals surface area contributed by atoms with Crippen molar-refractivity contribution in [3.63, 3.8) is 0 Å². The lowest BCUT2D eigenvalue weighted by Crippen LogP contribution is -2.22. The second kappa shape index (κ2) is 5.87. The molecule has 1 aromatic carbocycles. The second-order valence-corrected chi connectivity index (χ2v) is 5.76. The molecule has 0 atom stereocenters. The third-order valence-corrected chi connectivity index (χ3v) is 3.23. The average Bonchev–Trinajstić information content (AvgIpc) is 2.73. The van der Waals surface area contributed by atoms with Gasteiger partial charge in [-0.1, -0.05) is 41.4 Å². The Bertz CT molecular complexity index is 537. The molecule has 2 rings (SSSR count). The van der Waals surface area contributed by atoms with Crippen molar-refractivity contribution in [3.05, 3.63) is 45.7 Å². The molecule has 0 fully saturated rings. The monoisotopic (exact) mass is 327 g/mol. The molecule has 0 radical (unpaired) electrons. The van der Waals surface area contributed by atoms with Gasteiger partial charge in [0.05, 0.1) is 16.9 Å². The summed E-state index contributed by atoms with van der Waals surface area (Å²) in [5.41, 5.74) is 2.22. The Morgan fingerprint density at radius 1 is 1.44 bits per heavy atom. The summed E-state index contributed by atoms with van der Waals surface area (Å²) in [4.78, 5) is 0. The zero-order chi connectivity index (χ0) is 13.1. The van der Waals surface area contributed by atoms with Crippen molar-refractivity contribution in [2.75, 3.05) is 0 Å². The third-order valence-electron chi connectivity index (χ3n) is 2.54. The molecule has 5 heteroatoms. The van der Waals surface area contributed by atoms with Gasteiger partial charge in [0.15, 0.2) is 0 Å². The predicted octanol–water partition coefficient (Wildman–Crippen LogP) is 3.79. The van der Waals surface area contributed by atoms with Crippen LogP contribution in [0.4, 0.5) is 0 Å². The number of nitrogens with zero attached hydrogens (tertiary/aromatic N) is 2. The van der Waals surface area contributed by atoms with Crippen molar-refractivity contribution < 1.29 is 0 Å². The van der Waals surface area contributed by atoms with Crippen molar-refractivity contribution in [3.8, 4) is 5.69 Å². The number of nitrogens with one attached hydrogen (secondary N) is 1. The van der Waals surface area contributed by atoms with Gasteiger partial charge < -0.3 is 5.32 Å². The van der Waals surface area contributed by atoms with Crippen molar-refractivity contribution in [2.24, 2.45) is 0 Å². The summed E-state index contributed by atoms with van der Waals surface area (Å²) in [6.07, 6.45) is 3.45. The fourth-order valence-corrected chi connectivity index (χ4v) is 2.21. The van der Waals surface area contributed by atoms with Crippen molar-refractivity contribution in [1.29, 1.82) is 0 Å². The molecule has 0 aliphatic carbocycles. The van der Waals surface area contributed by atoms with Crippen LogP contribution in [0.3, 0.4) is 0 Å². The van der Waals surface area contributed by atoms with Crippen molar-refractivity contribution in [2.45, 2.75) is 26.4 Å². The van der Waals surface area contributed by atoms with E-state index < -0.39 is 0 Å². The molecule has 0 bridgehead atoms. The third kappa shape index (κ3) is 3.34. The van der Waals surface area contributed by atoms with Gasteiger partial charge in [-0.15, -0.1) is 0 Å². The topological polar surface area (TPSA) is 29.9 Å². The molecular weight excluding hydrogens is 314 g/mol. The molecule has 0 saturated heterocycles. The van der Waals surface area contributed by atoms with Gasteiger partial charge in [0.1, 0.15) is 0 Å². The van der Waals surface area contributed by atoms with Gasteiger partial charge in [-0.3, -0.25) is 0 Å². The molecule has 0 aliphatic rings. The Morgan fingerprint density at radius 3 is 2.83 bits per heavy atom. The summed E-state index contributed by atoms with van der Waals surface area (Å²) < 4.78 is 2.86. The molecule has 0 unspecified atom stereocenters. The molecule has 1 heterocycles. The highest BCUT2D eigenvalue weighted by atomic mass is 79.9. The molecule has 0 spiro atoms. The lowest BCUT2D eigenvalue weighted by Gasteiger charge is -2.13. The molecule has 3 nitrogen and oxygen atoms in total. The summed E-state index contributed by atoms with van der Waals surface area (Å²) in [5.74, 6) is 0. The maximum atomic E-state index is 5.91. The van der Waals surface area contributed by atoms with Crippen LogP contribution >= 0.6 is 27.5 Å². The van der Waals surface area contributed by atoms with Crippen LogP contribution in [-0.2, 0) is 6.54 Å². The second-order valence-electron chi connectivity index (χ2n) is 4.41. The minimum atomic E-state index is 0.443. The maximum Gasteiger partial charge on any atom is 0.0790 e. The zero-order valence-electron chi connectivity index (χ0n) is 10.3. The molecule has 18 heavy (non-hydrogen) atoms. The van der Waals surface area contributed by atoms with E-state index in [1.165, 1.54) is 5.56 Å². The zero-order valence-corrected chi connectivity index (χ0v) is 12.7.